The van der Waals surface area contributed by atoms with E-state index in [0.29, 0.717) is 5.56 Å². The van der Waals surface area contributed by atoms with E-state index in [-0.39, 0.29) is 35.7 Å². The molecule has 0 aliphatic carbocycles. The zero-order valence-corrected chi connectivity index (χ0v) is 24.3. The Morgan fingerprint density at radius 3 is 1.67 bits per heavy atom. The number of carbonyl (C=O) groups excluding carboxylic acids is 4. The topological polar surface area (TPSA) is 144 Å². The molecule has 0 amide bonds. The number of benzene rings is 3. The Bertz CT molecular complexity index is 1650. The maximum atomic E-state index is 13.4. The number of hydrogen-bond acceptors (Lipinski definition) is 10. The summed E-state index contributed by atoms with van der Waals surface area (Å²) in [6.07, 6.45) is -3.48. The molecule has 5 rings (SSSR count). The van der Waals surface area contributed by atoms with Gasteiger partial charge in [0.15, 0.2) is 6.10 Å². The van der Waals surface area contributed by atoms with Gasteiger partial charge in [-0.2, -0.15) is 0 Å². The molecule has 2 heterocycles. The van der Waals surface area contributed by atoms with E-state index >= 15 is 0 Å². The molecule has 0 radical (unpaired) electrons. The Hall–Kier alpha value is -5.55. The van der Waals surface area contributed by atoms with Crippen LogP contribution >= 0.6 is 0 Å². The summed E-state index contributed by atoms with van der Waals surface area (Å²) < 4.78 is 30.3. The van der Waals surface area contributed by atoms with Crippen LogP contribution in [0.15, 0.2) is 109 Å². The van der Waals surface area contributed by atoms with Gasteiger partial charge in [0, 0.05) is 6.07 Å². The number of nitrogens with two attached hydrogens (primary N) is 1. The minimum Gasteiger partial charge on any atom is -0.462 e. The van der Waals surface area contributed by atoms with Crippen LogP contribution in [0, 0.1) is 0 Å². The third-order valence-corrected chi connectivity index (χ3v) is 6.97. The highest BCUT2D eigenvalue weighted by molar-refractivity contribution is 5.91. The van der Waals surface area contributed by atoms with Crippen LogP contribution in [0.4, 0.5) is 5.82 Å². The first-order valence-electron chi connectivity index (χ1n) is 14.2. The molecule has 1 aliphatic heterocycles. The lowest BCUT2D eigenvalue weighted by atomic mass is 10.1. The highest BCUT2D eigenvalue weighted by Crippen LogP contribution is 2.33. The summed E-state index contributed by atoms with van der Waals surface area (Å²) in [5.74, 6) is -2.54. The van der Waals surface area contributed by atoms with Crippen molar-refractivity contribution in [2.24, 2.45) is 0 Å². The predicted octanol–water partition coefficient (Wildman–Crippen LogP) is 3.94. The Kier molecular flexibility index (Phi) is 9.80. The van der Waals surface area contributed by atoms with E-state index in [4.69, 9.17) is 29.4 Å². The van der Waals surface area contributed by atoms with Gasteiger partial charge in [0.2, 0.25) is 12.3 Å². The molecule has 0 spiro atoms. The third kappa shape index (κ3) is 7.34. The van der Waals surface area contributed by atoms with E-state index in [9.17, 15) is 19.2 Å². The van der Waals surface area contributed by atoms with Crippen LogP contribution in [0.25, 0.3) is 0 Å². The summed E-state index contributed by atoms with van der Waals surface area (Å²) in [5.41, 5.74) is 7.26. The van der Waals surface area contributed by atoms with Gasteiger partial charge < -0.3 is 23.7 Å². The summed E-state index contributed by atoms with van der Waals surface area (Å²) in [6.45, 7) is 1.45. The SMILES string of the molecule is CCOC(=O)c1ccc(N)[n+]([C@H]2O[C@@H](COC(=O)c3ccccc3)[C@@H](OC(=O)c3ccccc3)[C@H]2OC(=O)c2ccccc2)c1. The van der Waals surface area contributed by atoms with Gasteiger partial charge in [-0.15, -0.1) is 0 Å². The second kappa shape index (κ2) is 14.3. The van der Waals surface area contributed by atoms with E-state index < -0.39 is 48.4 Å². The average molecular weight is 612 g/mol. The molecule has 3 aromatic carbocycles. The first kappa shape index (κ1) is 30.9. The van der Waals surface area contributed by atoms with Crippen molar-refractivity contribution in [1.82, 2.24) is 0 Å². The van der Waals surface area contributed by atoms with Crippen LogP contribution in [0.2, 0.25) is 0 Å². The molecule has 0 saturated carbocycles. The van der Waals surface area contributed by atoms with Crippen LogP contribution in [0.3, 0.4) is 0 Å². The molecule has 0 unspecified atom stereocenters. The van der Waals surface area contributed by atoms with Gasteiger partial charge in [-0.25, -0.2) is 23.7 Å². The molecule has 4 atom stereocenters. The summed E-state index contributed by atoms with van der Waals surface area (Å²) in [5, 5.41) is 0. The van der Waals surface area contributed by atoms with Crippen molar-refractivity contribution in [3.63, 3.8) is 0 Å². The van der Waals surface area contributed by atoms with E-state index in [0.717, 1.165) is 0 Å². The quantitative estimate of drug-likeness (QED) is 0.159. The van der Waals surface area contributed by atoms with Gasteiger partial charge in [-0.3, -0.25) is 5.73 Å². The number of nitrogen functional groups attached to an aromatic ring is 1. The number of esters is 4. The molecule has 1 aromatic heterocycles. The number of carbonyl (C=O) groups is 4. The average Bonchev–Trinajstić information content (AvgIpc) is 3.40. The molecule has 1 saturated heterocycles. The molecular formula is C34H31N2O9+. The highest BCUT2D eigenvalue weighted by atomic mass is 16.7. The molecule has 2 N–H and O–H groups in total. The molecule has 230 valence electrons. The van der Waals surface area contributed by atoms with Gasteiger partial charge in [0.1, 0.15) is 18.9 Å². The van der Waals surface area contributed by atoms with Crippen molar-refractivity contribution in [2.75, 3.05) is 18.9 Å². The summed E-state index contributed by atoms with van der Waals surface area (Å²) in [7, 11) is 0. The summed E-state index contributed by atoms with van der Waals surface area (Å²) in [4.78, 5) is 52.1. The zero-order valence-electron chi connectivity index (χ0n) is 24.3. The Morgan fingerprint density at radius 2 is 1.13 bits per heavy atom. The van der Waals surface area contributed by atoms with E-state index in [1.54, 1.807) is 97.9 Å². The van der Waals surface area contributed by atoms with Crippen molar-refractivity contribution < 1.29 is 47.4 Å². The maximum Gasteiger partial charge on any atom is 0.341 e. The van der Waals surface area contributed by atoms with E-state index in [1.165, 1.54) is 22.9 Å². The fourth-order valence-corrected chi connectivity index (χ4v) is 4.77. The maximum absolute atomic E-state index is 13.4. The zero-order chi connectivity index (χ0) is 31.8. The van der Waals surface area contributed by atoms with Crippen LogP contribution in [0.1, 0.15) is 54.6 Å². The largest absolute Gasteiger partial charge is 0.462 e. The lowest BCUT2D eigenvalue weighted by Crippen LogP contribution is -2.50. The summed E-state index contributed by atoms with van der Waals surface area (Å²) >= 11 is 0. The Labute approximate surface area is 259 Å². The fourth-order valence-electron chi connectivity index (χ4n) is 4.77. The number of nitrogens with zero attached hydrogens (tertiary/aromatic N) is 1. The molecule has 11 nitrogen and oxygen atoms in total. The number of pyridine rings is 1. The van der Waals surface area contributed by atoms with E-state index in [1.807, 2.05) is 0 Å². The van der Waals surface area contributed by atoms with Crippen molar-refractivity contribution in [2.45, 2.75) is 31.5 Å². The van der Waals surface area contributed by atoms with Crippen molar-refractivity contribution >= 4 is 29.7 Å². The normalized spacial score (nSPS) is 18.9. The minimum atomic E-state index is -1.30. The van der Waals surface area contributed by atoms with Crippen LogP contribution in [0.5, 0.6) is 0 Å². The Balaban J connectivity index is 1.53. The lowest BCUT2D eigenvalue weighted by molar-refractivity contribution is -0.753. The molecule has 11 heteroatoms. The number of ether oxygens (including phenoxy) is 5. The highest BCUT2D eigenvalue weighted by Gasteiger charge is 2.54. The molecular weight excluding hydrogens is 580 g/mol. The van der Waals surface area contributed by atoms with Crippen LogP contribution in [-0.2, 0) is 23.7 Å². The number of hydrogen-bond donors (Lipinski definition) is 1. The van der Waals surface area contributed by atoms with Gasteiger partial charge in [-0.05, 0) is 49.4 Å². The first-order chi connectivity index (χ1) is 21.9. The number of rotatable bonds is 10. The monoisotopic (exact) mass is 611 g/mol. The molecule has 0 bridgehead atoms. The van der Waals surface area contributed by atoms with Gasteiger partial charge in [-0.1, -0.05) is 54.6 Å². The van der Waals surface area contributed by atoms with Crippen molar-refractivity contribution in [1.29, 1.82) is 0 Å². The van der Waals surface area contributed by atoms with Crippen molar-refractivity contribution in [3.05, 3.63) is 132 Å². The standard InChI is InChI=1S/C34H30N2O9/c1-2-41-32(38)25-18-19-27(35)36(20-25)30-29(45-34(40)24-16-10-5-11-17-24)28(44-33(39)23-14-8-4-9-15-23)26(43-30)21-42-31(37)22-12-6-3-7-13-22/h3-20,26,28-30,35H,2,21H2,1H3/p+1/t26-,28+,29+,30-/m0/s1. The number of aromatic nitrogens is 1. The van der Waals surface area contributed by atoms with Gasteiger partial charge >= 0.3 is 23.9 Å². The Morgan fingerprint density at radius 1 is 0.644 bits per heavy atom. The third-order valence-electron chi connectivity index (χ3n) is 6.97. The van der Waals surface area contributed by atoms with Gasteiger partial charge in [0.25, 0.3) is 5.82 Å². The van der Waals surface area contributed by atoms with Crippen LogP contribution in [-0.4, -0.2) is 55.4 Å². The van der Waals surface area contributed by atoms with Gasteiger partial charge in [0.05, 0.1) is 28.9 Å². The smallest absolute Gasteiger partial charge is 0.341 e. The van der Waals surface area contributed by atoms with Crippen LogP contribution < -0.4 is 10.3 Å². The second-order valence-corrected chi connectivity index (χ2v) is 9.97. The molecule has 1 fully saturated rings. The molecule has 1 aliphatic rings. The van der Waals surface area contributed by atoms with E-state index in [2.05, 4.69) is 0 Å². The number of anilines is 1. The predicted molar refractivity (Wildman–Crippen MR) is 159 cm³/mol. The molecule has 45 heavy (non-hydrogen) atoms. The lowest BCUT2D eigenvalue weighted by Gasteiger charge is -2.24. The summed E-state index contributed by atoms with van der Waals surface area (Å²) in [6, 6.07) is 27.8. The fraction of sp³-hybridized carbons (Fsp3) is 0.206. The minimum absolute atomic E-state index is 0.142. The first-order valence-corrected chi connectivity index (χ1v) is 14.2. The second-order valence-electron chi connectivity index (χ2n) is 9.97. The molecule has 4 aromatic rings. The van der Waals surface area contributed by atoms with Crippen molar-refractivity contribution in [3.8, 4) is 0 Å².